The molecule has 0 fully saturated rings. The van der Waals surface area contributed by atoms with Crippen molar-refractivity contribution in [2.24, 2.45) is 7.05 Å². The van der Waals surface area contributed by atoms with Gasteiger partial charge < -0.3 is 9.67 Å². The molecule has 0 saturated carbocycles. The Morgan fingerprint density at radius 2 is 1.53 bits per heavy atom. The maximum atomic E-state index is 10.2. The fraction of sp³-hybridized carbons (Fsp3) is 0.0400. The summed E-state index contributed by atoms with van der Waals surface area (Å²) in [5, 5.41) is 12.4. The Morgan fingerprint density at radius 3 is 2.33 bits per heavy atom. The van der Waals surface area contributed by atoms with Gasteiger partial charge in [0.05, 0.1) is 5.56 Å². The Labute approximate surface area is 189 Å². The second-order valence-electron chi connectivity index (χ2n) is 6.97. The van der Waals surface area contributed by atoms with E-state index in [1.165, 1.54) is 0 Å². The zero-order valence-corrected chi connectivity index (χ0v) is 18.5. The van der Waals surface area contributed by atoms with Crippen LogP contribution < -0.4 is 0 Å². The van der Waals surface area contributed by atoms with E-state index in [1.807, 2.05) is 66.5 Å². The molecule has 0 radical (unpaired) electrons. The molecule has 0 bridgehead atoms. The summed E-state index contributed by atoms with van der Waals surface area (Å²) in [5.74, 6) is 0.923. The average Bonchev–Trinajstić information content (AvgIpc) is 3.15. The van der Waals surface area contributed by atoms with Crippen LogP contribution in [0.15, 0.2) is 85.2 Å². The first-order valence-electron chi connectivity index (χ1n) is 9.39. The summed E-state index contributed by atoms with van der Waals surface area (Å²) >= 11 is 0. The molecule has 0 saturated heterocycles. The van der Waals surface area contributed by atoms with Gasteiger partial charge in [-0.2, -0.15) is 0 Å². The summed E-state index contributed by atoms with van der Waals surface area (Å²) in [6.45, 7) is 0. The van der Waals surface area contributed by atoms with E-state index in [9.17, 15) is 5.11 Å². The van der Waals surface area contributed by atoms with Crippen LogP contribution >= 0.6 is 0 Å². The van der Waals surface area contributed by atoms with E-state index in [4.69, 9.17) is 4.98 Å². The SMILES string of the molecule is Cn1cc(-c2[c-]c(-c3cc4ccccc4cn3)ccc2)nc1-c1ccccc1O.[Pt]. The summed E-state index contributed by atoms with van der Waals surface area (Å²) in [6, 6.07) is 26.9. The number of aryl methyl sites for hydroxylation is 1. The monoisotopic (exact) mass is 571 g/mol. The smallest absolute Gasteiger partial charge is 0.135 e. The average molecular weight is 572 g/mol. The van der Waals surface area contributed by atoms with Crippen molar-refractivity contribution in [2.45, 2.75) is 0 Å². The van der Waals surface area contributed by atoms with Crippen molar-refractivity contribution in [3.63, 3.8) is 0 Å². The quantitative estimate of drug-likeness (QED) is 0.292. The van der Waals surface area contributed by atoms with Gasteiger partial charge in [-0.25, -0.2) is 0 Å². The largest absolute Gasteiger partial charge is 0.507 e. The number of aromatic nitrogens is 3. The molecule has 0 aliphatic rings. The van der Waals surface area contributed by atoms with Gasteiger partial charge >= 0.3 is 0 Å². The number of imidazole rings is 1. The van der Waals surface area contributed by atoms with Gasteiger partial charge in [0.2, 0.25) is 0 Å². The van der Waals surface area contributed by atoms with Crippen LogP contribution in [0.4, 0.5) is 0 Å². The number of fused-ring (bicyclic) bond motifs is 1. The summed E-state index contributed by atoms with van der Waals surface area (Å²) in [5.41, 5.74) is 4.18. The van der Waals surface area contributed by atoms with E-state index in [0.29, 0.717) is 11.4 Å². The van der Waals surface area contributed by atoms with Crippen molar-refractivity contribution in [1.29, 1.82) is 0 Å². The summed E-state index contributed by atoms with van der Waals surface area (Å²) in [6.07, 6.45) is 3.84. The normalized spacial score (nSPS) is 10.7. The van der Waals surface area contributed by atoms with Gasteiger partial charge in [-0.3, -0.25) is 9.97 Å². The Hall–Kier alpha value is -3.23. The number of phenols is 1. The minimum absolute atomic E-state index is 0. The van der Waals surface area contributed by atoms with Crippen molar-refractivity contribution in [2.75, 3.05) is 0 Å². The molecule has 5 rings (SSSR count). The third-order valence-corrected chi connectivity index (χ3v) is 5.00. The third kappa shape index (κ3) is 3.67. The number of rotatable bonds is 3. The molecule has 0 aliphatic heterocycles. The van der Waals surface area contributed by atoms with Crippen molar-refractivity contribution in [1.82, 2.24) is 14.5 Å². The summed E-state index contributed by atoms with van der Waals surface area (Å²) in [4.78, 5) is 9.35. The molecule has 4 nitrogen and oxygen atoms in total. The van der Waals surface area contributed by atoms with Gasteiger partial charge in [0.15, 0.2) is 0 Å². The van der Waals surface area contributed by atoms with Crippen LogP contribution in [0, 0.1) is 6.07 Å². The van der Waals surface area contributed by atoms with Crippen LogP contribution in [-0.4, -0.2) is 19.6 Å². The van der Waals surface area contributed by atoms with E-state index in [0.717, 1.165) is 33.3 Å². The van der Waals surface area contributed by atoms with Gasteiger partial charge in [-0.05, 0) is 29.1 Å². The number of pyridine rings is 1. The van der Waals surface area contributed by atoms with E-state index >= 15 is 0 Å². The van der Waals surface area contributed by atoms with Crippen molar-refractivity contribution in [3.05, 3.63) is 91.3 Å². The zero-order valence-electron chi connectivity index (χ0n) is 16.2. The molecule has 30 heavy (non-hydrogen) atoms. The minimum Gasteiger partial charge on any atom is -0.507 e. The molecule has 0 unspecified atom stereocenters. The first-order chi connectivity index (χ1) is 14.2. The standard InChI is InChI=1S/C25H18N3O.Pt/c1-28-16-23(27-25(28)21-11-4-5-12-24(21)29)19-10-6-9-18(13-19)22-14-17-7-2-3-8-20(17)15-26-22;/h2-12,14-16,29H,1H3;/q-1;. The van der Waals surface area contributed by atoms with Gasteiger partial charge in [0, 0.05) is 45.7 Å². The maximum absolute atomic E-state index is 10.2. The topological polar surface area (TPSA) is 50.9 Å². The van der Waals surface area contributed by atoms with Crippen molar-refractivity contribution >= 4 is 10.8 Å². The van der Waals surface area contributed by atoms with E-state index in [2.05, 4.69) is 29.2 Å². The number of hydrogen-bond donors (Lipinski definition) is 1. The molecule has 5 heteroatoms. The second-order valence-corrected chi connectivity index (χ2v) is 6.97. The number of aromatic hydroxyl groups is 1. The summed E-state index contributed by atoms with van der Waals surface area (Å²) < 4.78 is 1.92. The number of phenolic OH excluding ortho intramolecular Hbond substituents is 1. The van der Waals surface area contributed by atoms with E-state index < -0.39 is 0 Å². The predicted octanol–water partition coefficient (Wildman–Crippen LogP) is 5.47. The first-order valence-corrected chi connectivity index (χ1v) is 9.39. The Kier molecular flexibility index (Phi) is 5.52. The molecule has 0 spiro atoms. The van der Waals surface area contributed by atoms with Crippen LogP contribution in [0.25, 0.3) is 44.7 Å². The molecule has 3 aromatic carbocycles. The Bertz CT molecular complexity index is 1340. The molecule has 0 aliphatic carbocycles. The third-order valence-electron chi connectivity index (χ3n) is 5.00. The molecular formula is C25H18N3OPt-. The van der Waals surface area contributed by atoms with Crippen LogP contribution in [0.5, 0.6) is 5.75 Å². The molecular weight excluding hydrogens is 553 g/mol. The number of para-hydroxylation sites is 1. The number of nitrogens with zero attached hydrogens (tertiary/aromatic N) is 3. The molecule has 5 aromatic rings. The first kappa shape index (κ1) is 20.1. The molecule has 0 amide bonds. The van der Waals surface area contributed by atoms with Gasteiger partial charge in [-0.1, -0.05) is 53.6 Å². The van der Waals surface area contributed by atoms with Crippen molar-refractivity contribution < 1.29 is 26.2 Å². The van der Waals surface area contributed by atoms with Crippen LogP contribution in [0.2, 0.25) is 0 Å². The van der Waals surface area contributed by atoms with Crippen LogP contribution in [-0.2, 0) is 28.1 Å². The van der Waals surface area contributed by atoms with Crippen molar-refractivity contribution in [3.8, 4) is 39.7 Å². The molecule has 150 valence electrons. The molecule has 1 N–H and O–H groups in total. The summed E-state index contributed by atoms with van der Waals surface area (Å²) in [7, 11) is 1.92. The van der Waals surface area contributed by atoms with Crippen LogP contribution in [0.1, 0.15) is 0 Å². The maximum Gasteiger partial charge on any atom is 0.135 e. The van der Waals surface area contributed by atoms with Gasteiger partial charge in [0.1, 0.15) is 11.6 Å². The van der Waals surface area contributed by atoms with Gasteiger partial charge in [0.25, 0.3) is 0 Å². The second kappa shape index (κ2) is 8.25. The Morgan fingerprint density at radius 1 is 0.833 bits per heavy atom. The molecule has 0 atom stereocenters. The van der Waals surface area contributed by atoms with E-state index in [1.54, 1.807) is 12.1 Å². The van der Waals surface area contributed by atoms with Gasteiger partial charge in [-0.15, -0.1) is 24.3 Å². The Balaban J connectivity index is 0.00000218. The minimum atomic E-state index is 0. The van der Waals surface area contributed by atoms with Crippen LogP contribution in [0.3, 0.4) is 0 Å². The zero-order chi connectivity index (χ0) is 19.8. The fourth-order valence-electron chi connectivity index (χ4n) is 3.51. The predicted molar refractivity (Wildman–Crippen MR) is 115 cm³/mol. The fourth-order valence-corrected chi connectivity index (χ4v) is 3.51. The van der Waals surface area contributed by atoms with E-state index in [-0.39, 0.29) is 26.8 Å². The molecule has 2 aromatic heterocycles. The molecule has 2 heterocycles. The number of hydrogen-bond acceptors (Lipinski definition) is 3. The number of benzene rings is 3.